The van der Waals surface area contributed by atoms with Gasteiger partial charge in [-0.15, -0.1) is 0 Å². The molecule has 0 aromatic carbocycles. The summed E-state index contributed by atoms with van der Waals surface area (Å²) in [5.41, 5.74) is 36.3. The van der Waals surface area contributed by atoms with Crippen LogP contribution >= 0.6 is 0 Å². The Hall–Kier alpha value is 0. The largest absolute Gasteiger partial charge is 0.0459 e. The van der Waals surface area contributed by atoms with E-state index in [1.165, 1.54) is 166 Å². The maximum absolute atomic E-state index is 1.87. The zero-order chi connectivity index (χ0) is 35.0. The highest BCUT2D eigenvalue weighted by atomic mass is 15.7. The molecule has 0 nitrogen and oxygen atoms in total. The fourth-order valence-corrected chi connectivity index (χ4v) is 72.9. The van der Waals surface area contributed by atoms with Crippen LogP contribution in [0, 0.1) is 339 Å². The number of fused-ring (bicyclic) bond motifs is 23. The lowest BCUT2D eigenvalue weighted by molar-refractivity contribution is -1.24. The molecule has 0 N–H and O–H groups in total. The average Bonchev–Trinajstić information content (AvgIpc) is 3.32. The van der Waals surface area contributed by atoms with Crippen LogP contribution in [0.3, 0.4) is 0 Å². The molecule has 0 amide bonds. The van der Waals surface area contributed by atoms with Crippen molar-refractivity contribution in [1.82, 2.24) is 0 Å². The van der Waals surface area contributed by atoms with E-state index in [1.807, 2.05) is 25.7 Å². The lowest BCUT2D eigenvalue weighted by atomic mass is 8.34. The van der Waals surface area contributed by atoms with Crippen molar-refractivity contribution in [3.63, 3.8) is 0 Å². The smallest absolute Gasteiger partial charge is 0.000715 e. The van der Waals surface area contributed by atoms with Gasteiger partial charge in [-0.25, -0.2) is 0 Å². The summed E-state index contributed by atoms with van der Waals surface area (Å²) in [7, 11) is 0. The fourth-order valence-electron chi connectivity index (χ4n) is 72.9. The predicted octanol–water partition coefficient (Wildman–Crippen LogP) is 5.00. The molecule has 0 heteroatoms. The van der Waals surface area contributed by atoms with Crippen LogP contribution in [0.1, 0.15) is 25.7 Å². The van der Waals surface area contributed by atoms with Gasteiger partial charge in [-0.1, -0.05) is 0 Å². The monoisotopic (exact) mass is 804 g/mol. The molecule has 0 heterocycles. The second kappa shape index (κ2) is 3.09. The summed E-state index contributed by atoms with van der Waals surface area (Å²) in [4.78, 5) is 0. The summed E-state index contributed by atoms with van der Waals surface area (Å²) in [6.07, 6.45) is 7.45. The lowest BCUT2D eigenvalue weighted by Crippen LogP contribution is -3.67. The topological polar surface area (TPSA) is 0 Å². The quantitative estimate of drug-likeness (QED) is 0.324. The first-order valence-corrected chi connectivity index (χ1v) is 31.8. The Kier molecular flexibility index (Phi) is 1.01. The van der Waals surface area contributed by atoms with Crippen molar-refractivity contribution in [1.29, 1.82) is 0 Å². The molecular formula is C64H36. The maximum atomic E-state index is 1.87. The Bertz CT molecular complexity index is 4290. The Morgan fingerprint density at radius 1 is 0.172 bits per heavy atom. The molecule has 32 spiro atoms. The van der Waals surface area contributed by atoms with Crippen LogP contribution in [0.5, 0.6) is 0 Å². The second-order valence-corrected chi connectivity index (χ2v) is 42.0. The Morgan fingerprint density at radius 2 is 0.438 bits per heavy atom. The third-order valence-corrected chi connectivity index (χ3v) is 56.7. The van der Waals surface area contributed by atoms with Crippen molar-refractivity contribution in [2.75, 3.05) is 0 Å². The first-order valence-electron chi connectivity index (χ1n) is 31.8. The molecule has 0 radical (unpaired) electrons. The molecule has 47 aliphatic carbocycles. The highest BCUT2D eigenvalue weighted by Gasteiger charge is 3.72. The van der Waals surface area contributed by atoms with Crippen LogP contribution in [0.4, 0.5) is 0 Å². The van der Waals surface area contributed by atoms with Gasteiger partial charge >= 0.3 is 0 Å². The molecule has 47 fully saturated rings. The average molecular weight is 805 g/mol. The molecule has 292 valence electrons. The van der Waals surface area contributed by atoms with Gasteiger partial charge in [-0.2, -0.15) is 0 Å². The zero-order valence-corrected chi connectivity index (χ0v) is 35.0. The molecule has 0 aliphatic heterocycles. The van der Waals surface area contributed by atoms with Crippen LogP contribution in [-0.4, -0.2) is 0 Å². The summed E-state index contributed by atoms with van der Waals surface area (Å²) in [5.74, 6) is 39.6. The summed E-state index contributed by atoms with van der Waals surface area (Å²) in [6, 6.07) is 0. The van der Waals surface area contributed by atoms with Crippen molar-refractivity contribution >= 4 is 0 Å². The van der Waals surface area contributed by atoms with E-state index in [9.17, 15) is 0 Å². The van der Waals surface area contributed by atoms with Crippen LogP contribution in [0.15, 0.2) is 0 Å². The van der Waals surface area contributed by atoms with Gasteiger partial charge < -0.3 is 0 Å². The molecule has 0 aromatic heterocycles. The minimum Gasteiger partial charge on any atom is -0.0459 e. The van der Waals surface area contributed by atoms with Crippen LogP contribution < -0.4 is 0 Å². The molecule has 48 atom stereocenters. The van der Waals surface area contributed by atoms with Gasteiger partial charge in [0.25, 0.3) is 0 Å². The van der Waals surface area contributed by atoms with Gasteiger partial charge in [0.1, 0.15) is 0 Å². The molecule has 47 saturated carbocycles. The normalized spacial score (nSPS) is 145. The van der Waals surface area contributed by atoms with E-state index in [0.29, 0.717) is 0 Å². The standard InChI is InChI=1S/C64H36/c1-5-6-2-8-15-19-23-27-31-29-25-21-17-12-4-10-13-9-3-11-16-20-24-28-30-26-22-18-14-7(1)33(5)32-34(6,8)38(15)43(19)47(23)51(27)55(31)53(29)49(25)45(21)41(17)36(10,12)39(13)35(9,11)40(16)44(20)48(24)52(28)54(30)50(26)46(22)42(18)37(14,33)56(32,38)58(42,43)60(46,47)62(50,51)64(54,55)63(52,53)61(48,49)59(44,45)57(39,40)41/h5-32H,1-4H2. The number of hydrogen-bond donors (Lipinski definition) is 0. The van der Waals surface area contributed by atoms with Crippen molar-refractivity contribution < 1.29 is 0 Å². The molecule has 48 unspecified atom stereocenters. The highest BCUT2D eigenvalue weighted by molar-refractivity contribution is 6.16. The van der Waals surface area contributed by atoms with Gasteiger partial charge in [0.15, 0.2) is 0 Å². The van der Waals surface area contributed by atoms with Crippen molar-refractivity contribution in [2.24, 2.45) is 339 Å². The zero-order valence-electron chi connectivity index (χ0n) is 35.0. The third-order valence-electron chi connectivity index (χ3n) is 56.7. The molecule has 47 aliphatic rings. The highest BCUT2D eigenvalue weighted by Crippen LogP contribution is 3.73. The van der Waals surface area contributed by atoms with Gasteiger partial charge in [0.2, 0.25) is 0 Å². The number of hydrogen-bond acceptors (Lipinski definition) is 0. The maximum Gasteiger partial charge on any atom is -0.000715 e. The van der Waals surface area contributed by atoms with Gasteiger partial charge in [-0.3, -0.25) is 0 Å². The molecule has 0 aromatic rings. The van der Waals surface area contributed by atoms with Crippen LogP contribution in [0.25, 0.3) is 0 Å². The summed E-state index contributed by atoms with van der Waals surface area (Å²) < 4.78 is 0. The van der Waals surface area contributed by atoms with E-state index in [4.69, 9.17) is 0 Å². The molecule has 64 heavy (non-hydrogen) atoms. The minimum atomic E-state index is 1.09. The summed E-state index contributed by atoms with van der Waals surface area (Å²) >= 11 is 0. The third kappa shape index (κ3) is 0.434. The van der Waals surface area contributed by atoms with E-state index in [2.05, 4.69) is 0 Å². The van der Waals surface area contributed by atoms with E-state index < -0.39 is 0 Å². The summed E-state index contributed by atoms with van der Waals surface area (Å²) in [6.45, 7) is 0. The van der Waals surface area contributed by atoms with Crippen molar-refractivity contribution in [3.05, 3.63) is 0 Å². The Labute approximate surface area is 362 Å². The van der Waals surface area contributed by atoms with Crippen LogP contribution in [-0.2, 0) is 0 Å². The lowest BCUT2D eigenvalue weighted by Gasteiger charge is -3.68. The number of rotatable bonds is 0. The van der Waals surface area contributed by atoms with E-state index >= 15 is 0 Å². The molecular weight excluding hydrogens is 769 g/mol. The van der Waals surface area contributed by atoms with Crippen molar-refractivity contribution in [3.8, 4) is 0 Å². The molecule has 47 rings (SSSR count). The van der Waals surface area contributed by atoms with Crippen molar-refractivity contribution in [2.45, 2.75) is 25.7 Å². The van der Waals surface area contributed by atoms with E-state index in [-0.39, 0.29) is 0 Å². The Morgan fingerprint density at radius 3 is 0.828 bits per heavy atom. The minimum absolute atomic E-state index is 1.09. The van der Waals surface area contributed by atoms with Crippen LogP contribution in [0.2, 0.25) is 0 Å². The van der Waals surface area contributed by atoms with E-state index in [1.54, 1.807) is 0 Å². The molecule has 0 bridgehead atoms. The summed E-state index contributed by atoms with van der Waals surface area (Å²) in [5, 5.41) is 0. The van der Waals surface area contributed by atoms with Gasteiger partial charge in [0.05, 0.1) is 0 Å². The Balaban J connectivity index is 0.708. The fraction of sp³-hybridized carbons (Fsp3) is 1.00. The predicted molar refractivity (Wildman–Crippen MR) is 194 cm³/mol. The SMILES string of the molecule is C1C2C3CC4C5C6C7C8C9C%10C%11C%12C%13C%14CC%15C%16C%17CC%18C%19C%20C%21C%22C%23C%24C%25C%26C%27C1C21C2C34C53C24C%271C%261C%252C%245C%23%24C%22%23C%21%22C%20%21C%19%20C%17%18C%16%17C%15%14C%13%14C%12%13C%11%12C%10%11C9%10C89C78C63C41C28C59C%24%10C%23%11C%22%12C%21%13C%17%20%14. The van der Waals surface area contributed by atoms with Gasteiger partial charge in [0, 0.05) is 0 Å². The first kappa shape index (κ1) is 21.0. The molecule has 0 saturated heterocycles. The van der Waals surface area contributed by atoms with Gasteiger partial charge in [-0.05, 0) is 365 Å². The second-order valence-electron chi connectivity index (χ2n) is 42.0. The first-order chi connectivity index (χ1) is 31.8. The van der Waals surface area contributed by atoms with E-state index in [0.717, 1.165) is 173 Å².